The molecule has 4 aromatic carbocycles. The van der Waals surface area contributed by atoms with Gasteiger partial charge in [0.15, 0.2) is 0 Å². The van der Waals surface area contributed by atoms with Crippen LogP contribution in [-0.4, -0.2) is 18.3 Å². The van der Waals surface area contributed by atoms with Gasteiger partial charge in [-0.2, -0.15) is 0 Å². The minimum atomic E-state index is -0.361. The van der Waals surface area contributed by atoms with Crippen LogP contribution in [0.3, 0.4) is 0 Å². The number of fused-ring (bicyclic) bond motifs is 11. The van der Waals surface area contributed by atoms with Crippen molar-refractivity contribution < 1.29 is 9.31 Å². The molecule has 0 amide bonds. The minimum absolute atomic E-state index is 0.0998. The number of rotatable bonds is 2. The predicted molar refractivity (Wildman–Crippen MR) is 195 cm³/mol. The first-order valence-corrected chi connectivity index (χ1v) is 18.2. The lowest BCUT2D eigenvalue weighted by molar-refractivity contribution is 0.00578. The first-order chi connectivity index (χ1) is 22.3. The highest BCUT2D eigenvalue weighted by Crippen LogP contribution is 2.65. The van der Waals surface area contributed by atoms with Crippen molar-refractivity contribution in [2.24, 2.45) is 23.7 Å². The van der Waals surface area contributed by atoms with Gasteiger partial charge in [-0.25, -0.2) is 0 Å². The molecule has 3 heteroatoms. The van der Waals surface area contributed by atoms with E-state index in [9.17, 15) is 0 Å². The van der Waals surface area contributed by atoms with Crippen molar-refractivity contribution in [1.82, 2.24) is 0 Å². The van der Waals surface area contributed by atoms with Gasteiger partial charge in [-0.15, -0.1) is 0 Å². The van der Waals surface area contributed by atoms with E-state index in [1.165, 1.54) is 70.2 Å². The van der Waals surface area contributed by atoms with E-state index in [2.05, 4.69) is 134 Å². The summed E-state index contributed by atoms with van der Waals surface area (Å²) in [6.07, 6.45) is 5.49. The zero-order chi connectivity index (χ0) is 32.7. The van der Waals surface area contributed by atoms with Crippen LogP contribution in [0.1, 0.15) is 103 Å². The van der Waals surface area contributed by atoms with Gasteiger partial charge in [0.2, 0.25) is 0 Å². The Labute approximate surface area is 282 Å². The summed E-state index contributed by atoms with van der Waals surface area (Å²) in [5.41, 5.74) is 14.7. The van der Waals surface area contributed by atoms with Gasteiger partial charge in [-0.05, 0) is 144 Å². The standard InChI is InChI=1S/C44H49BO2/c1-26-20-28-22-27(2)44(30(21-26)23-28)37-14-10-9-12-34(37)40-32(13-11-15-38(40)44)29-16-18-33-35-25-31(45-46-42(5,6)43(7,8)47-45)17-19-36(35)41(3,4)39(33)24-29/h9-19,24-28,30H,20-23H2,1-8H3. The van der Waals surface area contributed by atoms with Crippen molar-refractivity contribution in [2.45, 2.75) is 103 Å². The molecule has 4 aliphatic carbocycles. The first-order valence-electron chi connectivity index (χ1n) is 18.2. The molecule has 3 fully saturated rings. The Morgan fingerprint density at radius 1 is 0.596 bits per heavy atom. The SMILES string of the molecule is CC1CC2CC(C)C3(c4ccccc4-c4c(-c5ccc6c(c5)C(C)(C)c5ccc(B7OC(C)(C)C(C)(C)O7)cc5-6)cccc43)C(C1)C2. The van der Waals surface area contributed by atoms with Crippen LogP contribution in [-0.2, 0) is 20.1 Å². The fourth-order valence-corrected chi connectivity index (χ4v) is 11.1. The van der Waals surface area contributed by atoms with Crippen LogP contribution in [0.2, 0.25) is 0 Å². The van der Waals surface area contributed by atoms with E-state index < -0.39 is 0 Å². The van der Waals surface area contributed by atoms with E-state index in [1.54, 1.807) is 11.1 Å². The van der Waals surface area contributed by atoms with Gasteiger partial charge in [0.1, 0.15) is 0 Å². The summed E-state index contributed by atoms with van der Waals surface area (Å²) in [4.78, 5) is 0. The van der Waals surface area contributed by atoms with E-state index >= 15 is 0 Å². The van der Waals surface area contributed by atoms with Gasteiger partial charge >= 0.3 is 7.12 Å². The van der Waals surface area contributed by atoms with Gasteiger partial charge in [0.25, 0.3) is 0 Å². The molecule has 5 atom stereocenters. The molecule has 2 saturated carbocycles. The Kier molecular flexibility index (Phi) is 6.20. The third-order valence-electron chi connectivity index (χ3n) is 13.8. The normalized spacial score (nSPS) is 30.2. The van der Waals surface area contributed by atoms with Crippen molar-refractivity contribution in [2.75, 3.05) is 0 Å². The molecule has 2 nitrogen and oxygen atoms in total. The van der Waals surface area contributed by atoms with Gasteiger partial charge in [0.05, 0.1) is 11.2 Å². The molecular formula is C44H49BO2. The topological polar surface area (TPSA) is 18.5 Å². The summed E-state index contributed by atoms with van der Waals surface area (Å²) >= 11 is 0. The van der Waals surface area contributed by atoms with Crippen molar-refractivity contribution in [3.63, 3.8) is 0 Å². The van der Waals surface area contributed by atoms with Crippen LogP contribution >= 0.6 is 0 Å². The number of hydrogen-bond donors (Lipinski definition) is 0. The Bertz CT molecular complexity index is 1930. The summed E-state index contributed by atoms with van der Waals surface area (Å²) in [5, 5.41) is 0. The fraction of sp³-hybridized carbons (Fsp3) is 0.455. The highest BCUT2D eigenvalue weighted by molar-refractivity contribution is 6.62. The third kappa shape index (κ3) is 3.94. The van der Waals surface area contributed by atoms with Crippen molar-refractivity contribution in [1.29, 1.82) is 0 Å². The highest BCUT2D eigenvalue weighted by atomic mass is 16.7. The molecule has 240 valence electrons. The van der Waals surface area contributed by atoms with E-state index in [4.69, 9.17) is 9.31 Å². The zero-order valence-electron chi connectivity index (χ0n) is 29.5. The quantitative estimate of drug-likeness (QED) is 0.208. The zero-order valence-corrected chi connectivity index (χ0v) is 29.5. The average molecular weight is 621 g/mol. The van der Waals surface area contributed by atoms with Gasteiger partial charge in [-0.1, -0.05) is 100 Å². The molecule has 0 radical (unpaired) electrons. The average Bonchev–Trinajstić information content (AvgIpc) is 3.55. The van der Waals surface area contributed by atoms with Crippen molar-refractivity contribution in [3.05, 3.63) is 101 Å². The molecule has 5 aliphatic rings. The van der Waals surface area contributed by atoms with Crippen molar-refractivity contribution in [3.8, 4) is 33.4 Å². The molecule has 5 unspecified atom stereocenters. The lowest BCUT2D eigenvalue weighted by Crippen LogP contribution is -2.49. The second-order valence-corrected chi connectivity index (χ2v) is 17.4. The highest BCUT2D eigenvalue weighted by Gasteiger charge is 2.57. The molecule has 47 heavy (non-hydrogen) atoms. The summed E-state index contributed by atoms with van der Waals surface area (Å²) < 4.78 is 12.9. The van der Waals surface area contributed by atoms with Crippen molar-refractivity contribution >= 4 is 12.6 Å². The van der Waals surface area contributed by atoms with Gasteiger partial charge in [-0.3, -0.25) is 0 Å². The van der Waals surface area contributed by atoms with Crippen LogP contribution < -0.4 is 5.46 Å². The summed E-state index contributed by atoms with van der Waals surface area (Å²) in [6.45, 7) is 18.4. The van der Waals surface area contributed by atoms with Crippen LogP contribution in [0.15, 0.2) is 78.9 Å². The maximum atomic E-state index is 6.46. The van der Waals surface area contributed by atoms with E-state index in [0.29, 0.717) is 11.8 Å². The second kappa shape index (κ2) is 9.73. The lowest BCUT2D eigenvalue weighted by atomic mass is 9.49. The maximum Gasteiger partial charge on any atom is 0.494 e. The predicted octanol–water partition coefficient (Wildman–Crippen LogP) is 10.3. The molecule has 1 heterocycles. The Hall–Kier alpha value is -3.14. The molecule has 0 aromatic heterocycles. The molecule has 0 N–H and O–H groups in total. The largest absolute Gasteiger partial charge is 0.494 e. The summed E-state index contributed by atoms with van der Waals surface area (Å²) in [5.74, 6) is 3.05. The van der Waals surface area contributed by atoms with Crippen LogP contribution in [0.4, 0.5) is 0 Å². The minimum Gasteiger partial charge on any atom is -0.399 e. The van der Waals surface area contributed by atoms with E-state index in [1.807, 2.05) is 0 Å². The van der Waals surface area contributed by atoms with Crippen LogP contribution in [0, 0.1) is 23.7 Å². The monoisotopic (exact) mass is 620 g/mol. The van der Waals surface area contributed by atoms with Crippen LogP contribution in [0.25, 0.3) is 33.4 Å². The Balaban J connectivity index is 1.17. The van der Waals surface area contributed by atoms with E-state index in [0.717, 1.165) is 17.3 Å². The Morgan fingerprint density at radius 2 is 1.32 bits per heavy atom. The van der Waals surface area contributed by atoms with Crippen LogP contribution in [0.5, 0.6) is 0 Å². The first kappa shape index (κ1) is 30.0. The number of benzene rings is 4. The molecule has 9 rings (SSSR count). The summed E-state index contributed by atoms with van der Waals surface area (Å²) in [7, 11) is -0.361. The third-order valence-corrected chi connectivity index (χ3v) is 13.8. The molecular weight excluding hydrogens is 571 g/mol. The number of hydrogen-bond acceptors (Lipinski definition) is 2. The van der Waals surface area contributed by atoms with Gasteiger partial charge in [0, 0.05) is 10.8 Å². The summed E-state index contributed by atoms with van der Waals surface area (Å²) in [6, 6.07) is 30.9. The second-order valence-electron chi connectivity index (χ2n) is 17.4. The molecule has 4 aromatic rings. The molecule has 1 spiro atoms. The van der Waals surface area contributed by atoms with Gasteiger partial charge < -0.3 is 9.31 Å². The fourth-order valence-electron chi connectivity index (χ4n) is 11.1. The maximum absolute atomic E-state index is 6.46. The smallest absolute Gasteiger partial charge is 0.399 e. The van der Waals surface area contributed by atoms with E-state index in [-0.39, 0.29) is 29.2 Å². The molecule has 2 bridgehead atoms. The Morgan fingerprint density at radius 3 is 2.11 bits per heavy atom. The molecule has 1 saturated heterocycles. The molecule has 1 aliphatic heterocycles. The lowest BCUT2D eigenvalue weighted by Gasteiger charge is -2.54.